The summed E-state index contributed by atoms with van der Waals surface area (Å²) in [7, 11) is 0. The van der Waals surface area contributed by atoms with Crippen LogP contribution in [0.25, 0.3) is 11.1 Å². The predicted octanol–water partition coefficient (Wildman–Crippen LogP) is 4.02. The molecular formula is C26H30N2O5. The Balaban J connectivity index is 1.42. The Kier molecular flexibility index (Phi) is 6.15. The van der Waals surface area contributed by atoms with Gasteiger partial charge in [0.15, 0.2) is 0 Å². The molecule has 1 aliphatic carbocycles. The molecule has 7 nitrogen and oxygen atoms in total. The molecule has 1 unspecified atom stereocenters. The summed E-state index contributed by atoms with van der Waals surface area (Å²) in [6.07, 6.45) is 0.256. The van der Waals surface area contributed by atoms with Gasteiger partial charge >= 0.3 is 12.1 Å². The predicted molar refractivity (Wildman–Crippen MR) is 124 cm³/mol. The van der Waals surface area contributed by atoms with Crippen molar-refractivity contribution in [1.29, 1.82) is 0 Å². The first-order chi connectivity index (χ1) is 15.7. The van der Waals surface area contributed by atoms with Crippen molar-refractivity contribution < 1.29 is 24.2 Å². The smallest absolute Gasteiger partial charge is 0.407 e. The van der Waals surface area contributed by atoms with E-state index in [1.54, 1.807) is 6.92 Å². The van der Waals surface area contributed by atoms with Crippen LogP contribution in [0.1, 0.15) is 50.7 Å². The molecule has 0 aromatic heterocycles. The lowest BCUT2D eigenvalue weighted by Gasteiger charge is -2.31. The van der Waals surface area contributed by atoms with Gasteiger partial charge < -0.3 is 20.1 Å². The highest BCUT2D eigenvalue weighted by Gasteiger charge is 2.48. The molecule has 2 aromatic carbocycles. The number of alkyl carbamates (subject to hydrolysis) is 1. The molecule has 0 radical (unpaired) electrons. The fourth-order valence-corrected chi connectivity index (χ4v) is 5.12. The van der Waals surface area contributed by atoms with E-state index in [9.17, 15) is 19.5 Å². The van der Waals surface area contributed by atoms with Gasteiger partial charge in [-0.3, -0.25) is 4.79 Å². The van der Waals surface area contributed by atoms with Crippen LogP contribution in [0.15, 0.2) is 48.5 Å². The van der Waals surface area contributed by atoms with E-state index in [-0.39, 0.29) is 18.4 Å². The Morgan fingerprint density at radius 2 is 1.67 bits per heavy atom. The standard InChI is InChI=1S/C26H30N2O5/c1-4-21(23(29)28-14-13-26(2,3)22(28)24(30)31)27-25(32)33-15-20-18-11-7-5-9-16(18)17-10-6-8-12-19(17)20/h5-12,20-22H,4,13-15H2,1-3H3,(H,27,32)(H,30,31)/t21-,22?/m0/s1. The number of rotatable bonds is 6. The molecule has 1 aliphatic heterocycles. The number of likely N-dealkylation sites (tertiary alicyclic amines) is 1. The van der Waals surface area contributed by atoms with E-state index >= 15 is 0 Å². The summed E-state index contributed by atoms with van der Waals surface area (Å²) in [6, 6.07) is 14.4. The van der Waals surface area contributed by atoms with Crippen LogP contribution in [-0.2, 0) is 14.3 Å². The molecule has 1 heterocycles. The Bertz CT molecular complexity index is 1030. The maximum atomic E-state index is 13.1. The summed E-state index contributed by atoms with van der Waals surface area (Å²) >= 11 is 0. The number of nitrogens with zero attached hydrogens (tertiary/aromatic N) is 1. The average Bonchev–Trinajstić information content (AvgIpc) is 3.29. The molecule has 0 spiro atoms. The van der Waals surface area contributed by atoms with Crippen molar-refractivity contribution in [3.05, 3.63) is 59.7 Å². The summed E-state index contributed by atoms with van der Waals surface area (Å²) in [6.45, 7) is 5.98. The largest absolute Gasteiger partial charge is 0.480 e. The van der Waals surface area contributed by atoms with Gasteiger partial charge in [0.25, 0.3) is 0 Å². The summed E-state index contributed by atoms with van der Waals surface area (Å²) in [5.41, 5.74) is 3.97. The monoisotopic (exact) mass is 450 g/mol. The number of carbonyl (C=O) groups excluding carboxylic acids is 2. The van der Waals surface area contributed by atoms with Gasteiger partial charge in [-0.15, -0.1) is 0 Å². The van der Waals surface area contributed by atoms with Crippen molar-refractivity contribution in [2.45, 2.75) is 51.6 Å². The number of carbonyl (C=O) groups is 3. The Labute approximate surface area is 193 Å². The molecule has 1 saturated heterocycles. The third-order valence-electron chi connectivity index (χ3n) is 6.91. The highest BCUT2D eigenvalue weighted by molar-refractivity contribution is 5.90. The zero-order valence-corrected chi connectivity index (χ0v) is 19.2. The van der Waals surface area contributed by atoms with Crippen molar-refractivity contribution in [3.63, 3.8) is 0 Å². The summed E-state index contributed by atoms with van der Waals surface area (Å²) in [5, 5.41) is 12.3. The number of fused-ring (bicyclic) bond motifs is 3. The fourth-order valence-electron chi connectivity index (χ4n) is 5.12. The zero-order valence-electron chi connectivity index (χ0n) is 19.2. The number of carboxylic acid groups (broad SMARTS) is 1. The topological polar surface area (TPSA) is 95.9 Å². The van der Waals surface area contributed by atoms with E-state index in [1.807, 2.05) is 50.2 Å². The molecule has 0 saturated carbocycles. The highest BCUT2D eigenvalue weighted by atomic mass is 16.5. The van der Waals surface area contributed by atoms with Gasteiger partial charge in [-0.05, 0) is 40.5 Å². The number of amides is 2. The Morgan fingerprint density at radius 1 is 1.09 bits per heavy atom. The number of benzene rings is 2. The van der Waals surface area contributed by atoms with Gasteiger partial charge in [0.1, 0.15) is 18.7 Å². The number of hydrogen-bond acceptors (Lipinski definition) is 4. The van der Waals surface area contributed by atoms with Crippen LogP contribution in [-0.4, -0.2) is 53.2 Å². The maximum Gasteiger partial charge on any atom is 0.407 e. The molecular weight excluding hydrogens is 420 g/mol. The number of ether oxygens (including phenoxy) is 1. The molecule has 33 heavy (non-hydrogen) atoms. The molecule has 2 aromatic rings. The van der Waals surface area contributed by atoms with E-state index in [4.69, 9.17) is 4.74 Å². The molecule has 174 valence electrons. The Morgan fingerprint density at radius 3 is 2.21 bits per heavy atom. The molecule has 2 aliphatic rings. The molecule has 0 bridgehead atoms. The zero-order chi connectivity index (χ0) is 23.8. The minimum absolute atomic E-state index is 0.0744. The normalized spacial score (nSPS) is 19.5. The van der Waals surface area contributed by atoms with Crippen LogP contribution >= 0.6 is 0 Å². The highest BCUT2D eigenvalue weighted by Crippen LogP contribution is 2.44. The maximum absolute atomic E-state index is 13.1. The van der Waals surface area contributed by atoms with Crippen LogP contribution in [0.5, 0.6) is 0 Å². The number of carboxylic acids is 1. The summed E-state index contributed by atoms with van der Waals surface area (Å²) in [4.78, 5) is 38.9. The number of aliphatic carboxylic acids is 1. The van der Waals surface area contributed by atoms with Crippen LogP contribution < -0.4 is 5.32 Å². The molecule has 4 rings (SSSR count). The van der Waals surface area contributed by atoms with E-state index in [0.717, 1.165) is 22.3 Å². The third-order valence-corrected chi connectivity index (χ3v) is 6.91. The van der Waals surface area contributed by atoms with Crippen LogP contribution in [0.4, 0.5) is 4.79 Å². The first-order valence-corrected chi connectivity index (χ1v) is 11.4. The van der Waals surface area contributed by atoms with Crippen molar-refractivity contribution >= 4 is 18.0 Å². The minimum Gasteiger partial charge on any atom is -0.480 e. The minimum atomic E-state index is -1.03. The van der Waals surface area contributed by atoms with Gasteiger partial charge in [-0.1, -0.05) is 69.3 Å². The lowest BCUT2D eigenvalue weighted by molar-refractivity contribution is -0.152. The number of hydrogen-bond donors (Lipinski definition) is 2. The Hall–Kier alpha value is -3.35. The van der Waals surface area contributed by atoms with Crippen LogP contribution in [0, 0.1) is 5.41 Å². The second-order valence-electron chi connectivity index (χ2n) is 9.44. The van der Waals surface area contributed by atoms with Gasteiger partial charge in [0.05, 0.1) is 0 Å². The third kappa shape index (κ3) is 4.19. The van der Waals surface area contributed by atoms with Gasteiger partial charge in [0, 0.05) is 12.5 Å². The van der Waals surface area contributed by atoms with E-state index in [0.29, 0.717) is 19.4 Å². The van der Waals surface area contributed by atoms with Crippen LogP contribution in [0.3, 0.4) is 0 Å². The summed E-state index contributed by atoms with van der Waals surface area (Å²) < 4.78 is 5.56. The van der Waals surface area contributed by atoms with E-state index in [2.05, 4.69) is 17.4 Å². The quantitative estimate of drug-likeness (QED) is 0.693. The average molecular weight is 451 g/mol. The molecule has 2 atom stereocenters. The summed E-state index contributed by atoms with van der Waals surface area (Å²) in [5.74, 6) is -1.49. The lowest BCUT2D eigenvalue weighted by Crippen LogP contribution is -2.53. The van der Waals surface area contributed by atoms with Crippen LogP contribution in [0.2, 0.25) is 0 Å². The van der Waals surface area contributed by atoms with Crippen molar-refractivity contribution in [1.82, 2.24) is 10.2 Å². The van der Waals surface area contributed by atoms with Gasteiger partial charge in [-0.2, -0.15) is 0 Å². The van der Waals surface area contributed by atoms with Crippen molar-refractivity contribution in [2.24, 2.45) is 5.41 Å². The van der Waals surface area contributed by atoms with Gasteiger partial charge in [-0.25, -0.2) is 9.59 Å². The second-order valence-corrected chi connectivity index (χ2v) is 9.44. The molecule has 2 N–H and O–H groups in total. The lowest BCUT2D eigenvalue weighted by atomic mass is 9.85. The van der Waals surface area contributed by atoms with E-state index in [1.165, 1.54) is 4.90 Å². The first kappa shape index (κ1) is 22.8. The van der Waals surface area contributed by atoms with Gasteiger partial charge in [0.2, 0.25) is 5.91 Å². The SMILES string of the molecule is CC[C@H](NC(=O)OCC1c2ccccc2-c2ccccc21)C(=O)N1CCC(C)(C)C1C(=O)O. The van der Waals surface area contributed by atoms with E-state index < -0.39 is 29.6 Å². The first-order valence-electron chi connectivity index (χ1n) is 11.4. The van der Waals surface area contributed by atoms with Crippen molar-refractivity contribution in [2.75, 3.05) is 13.2 Å². The number of nitrogens with one attached hydrogen (secondary N) is 1. The molecule has 7 heteroatoms. The second kappa shape index (κ2) is 8.89. The molecule has 1 fully saturated rings. The molecule has 2 amide bonds. The fraction of sp³-hybridized carbons (Fsp3) is 0.423. The van der Waals surface area contributed by atoms with Crippen molar-refractivity contribution in [3.8, 4) is 11.1 Å².